The number of hydrogen-bond acceptors (Lipinski definition) is 7. The van der Waals surface area contributed by atoms with Crippen molar-refractivity contribution in [2.24, 2.45) is 13.0 Å². The zero-order valence-electron chi connectivity index (χ0n) is 23.0. The van der Waals surface area contributed by atoms with Crippen LogP contribution < -0.4 is 10.1 Å². The van der Waals surface area contributed by atoms with Crippen molar-refractivity contribution in [3.8, 4) is 5.75 Å². The van der Waals surface area contributed by atoms with Gasteiger partial charge in [0.2, 0.25) is 5.91 Å². The topological polar surface area (TPSA) is 134 Å². The summed E-state index contributed by atoms with van der Waals surface area (Å²) in [5.74, 6) is -0.603. The Kier molecular flexibility index (Phi) is 8.92. The van der Waals surface area contributed by atoms with E-state index in [-0.39, 0.29) is 60.2 Å². The molecule has 2 heterocycles. The molecule has 12 heteroatoms. The maximum absolute atomic E-state index is 13.6. The van der Waals surface area contributed by atoms with Crippen molar-refractivity contribution in [2.75, 3.05) is 32.1 Å². The van der Waals surface area contributed by atoms with Crippen LogP contribution in [0.1, 0.15) is 29.8 Å². The summed E-state index contributed by atoms with van der Waals surface area (Å²) in [6.45, 7) is 3.60. The van der Waals surface area contributed by atoms with Gasteiger partial charge in [-0.2, -0.15) is 4.31 Å². The Hall–Kier alpha value is -3.74. The predicted octanol–water partition coefficient (Wildman–Crippen LogP) is 2.14. The van der Waals surface area contributed by atoms with Crippen molar-refractivity contribution in [3.63, 3.8) is 0 Å². The van der Waals surface area contributed by atoms with Crippen molar-refractivity contribution in [1.29, 1.82) is 0 Å². The van der Waals surface area contributed by atoms with E-state index in [0.717, 1.165) is 5.56 Å². The Morgan fingerprint density at radius 3 is 2.62 bits per heavy atom. The van der Waals surface area contributed by atoms with Crippen molar-refractivity contribution in [1.82, 2.24) is 18.8 Å². The number of imidazole rings is 1. The third-order valence-corrected chi connectivity index (χ3v) is 8.66. The molecule has 0 saturated heterocycles. The standard InChI is InChI=1S/C28H35N5O6S/c1-19-14-33(20(2)17-34)28(36)23-13-22(30-26(35)12-21-8-6-5-7-9-21)10-11-24(23)39-25(19)15-32(4)40(37,38)27-16-31(3)18-29-27/h5-11,13,16,18-20,25,34H,12,14-15,17H2,1-4H3,(H,30,35)/t19-,20-,25-/m0/s1. The Labute approximate surface area is 234 Å². The van der Waals surface area contributed by atoms with E-state index in [0.29, 0.717) is 5.69 Å². The van der Waals surface area contributed by atoms with Crippen molar-refractivity contribution in [3.05, 3.63) is 72.2 Å². The van der Waals surface area contributed by atoms with Gasteiger partial charge in [-0.25, -0.2) is 13.4 Å². The molecule has 0 fully saturated rings. The summed E-state index contributed by atoms with van der Waals surface area (Å²) in [5.41, 5.74) is 1.49. The quantitative estimate of drug-likeness (QED) is 0.403. The lowest BCUT2D eigenvalue weighted by atomic mass is 9.99. The maximum Gasteiger partial charge on any atom is 0.261 e. The largest absolute Gasteiger partial charge is 0.488 e. The molecule has 4 rings (SSSR count). The molecule has 2 aromatic carbocycles. The lowest BCUT2D eigenvalue weighted by Gasteiger charge is -2.38. The fourth-order valence-electron chi connectivity index (χ4n) is 4.54. The molecule has 1 aromatic heterocycles. The Balaban J connectivity index is 1.61. The highest BCUT2D eigenvalue weighted by Gasteiger charge is 2.35. The second-order valence-corrected chi connectivity index (χ2v) is 12.2. The maximum atomic E-state index is 13.6. The third-order valence-electron chi connectivity index (χ3n) is 6.95. The lowest BCUT2D eigenvalue weighted by Crippen LogP contribution is -2.50. The number of hydrogen-bond donors (Lipinski definition) is 2. The second-order valence-electron chi connectivity index (χ2n) is 10.2. The van der Waals surface area contributed by atoms with Crippen molar-refractivity contribution < 1.29 is 27.9 Å². The fourth-order valence-corrected chi connectivity index (χ4v) is 5.68. The van der Waals surface area contributed by atoms with Gasteiger partial charge in [-0.3, -0.25) is 9.59 Å². The fraction of sp³-hybridized carbons (Fsp3) is 0.393. The van der Waals surface area contributed by atoms with Crippen LogP contribution in [0.3, 0.4) is 0 Å². The van der Waals surface area contributed by atoms with Crippen LogP contribution >= 0.6 is 0 Å². The monoisotopic (exact) mass is 569 g/mol. The van der Waals surface area contributed by atoms with Gasteiger partial charge in [0.25, 0.3) is 15.9 Å². The molecule has 0 spiro atoms. The van der Waals surface area contributed by atoms with E-state index in [1.807, 2.05) is 37.3 Å². The average Bonchev–Trinajstić information content (AvgIpc) is 3.38. The van der Waals surface area contributed by atoms with Crippen LogP contribution in [-0.4, -0.2) is 83.0 Å². The van der Waals surface area contributed by atoms with Gasteiger partial charge in [-0.05, 0) is 30.7 Å². The van der Waals surface area contributed by atoms with Gasteiger partial charge in [-0.1, -0.05) is 37.3 Å². The number of anilines is 1. The molecule has 2 N–H and O–H groups in total. The Bertz CT molecular complexity index is 1460. The zero-order valence-corrected chi connectivity index (χ0v) is 23.8. The highest BCUT2D eigenvalue weighted by atomic mass is 32.2. The molecule has 3 atom stereocenters. The Morgan fingerprint density at radius 1 is 1.25 bits per heavy atom. The number of aliphatic hydroxyl groups excluding tert-OH is 1. The van der Waals surface area contributed by atoms with Gasteiger partial charge >= 0.3 is 0 Å². The van der Waals surface area contributed by atoms with Gasteiger partial charge in [0.15, 0.2) is 5.03 Å². The first-order chi connectivity index (χ1) is 19.0. The SMILES string of the molecule is C[C@H]1CN([C@@H](C)CO)C(=O)c2cc(NC(=O)Cc3ccccc3)ccc2O[C@H]1CN(C)S(=O)(=O)c1cn(C)cn1. The summed E-state index contributed by atoms with van der Waals surface area (Å²) in [6.07, 6.45) is 2.40. The molecule has 2 amide bonds. The van der Waals surface area contributed by atoms with Crippen LogP contribution in [0.2, 0.25) is 0 Å². The number of fused-ring (bicyclic) bond motifs is 1. The number of carbonyl (C=O) groups excluding carboxylic acids is 2. The number of rotatable bonds is 9. The summed E-state index contributed by atoms with van der Waals surface area (Å²) < 4.78 is 35.3. The van der Waals surface area contributed by atoms with Crippen LogP contribution in [0.5, 0.6) is 5.75 Å². The second kappa shape index (κ2) is 12.2. The highest BCUT2D eigenvalue weighted by Crippen LogP contribution is 2.31. The van der Waals surface area contributed by atoms with Gasteiger partial charge in [0.1, 0.15) is 11.9 Å². The molecular weight excluding hydrogens is 534 g/mol. The third kappa shape index (κ3) is 6.52. The first kappa shape index (κ1) is 29.2. The van der Waals surface area contributed by atoms with E-state index in [1.54, 1.807) is 41.6 Å². The molecule has 214 valence electrons. The Morgan fingerprint density at radius 2 is 1.98 bits per heavy atom. The molecule has 0 bridgehead atoms. The number of aliphatic hydroxyl groups is 1. The zero-order chi connectivity index (χ0) is 29.0. The molecule has 0 unspecified atom stereocenters. The molecular formula is C28H35N5O6S. The number of benzene rings is 2. The highest BCUT2D eigenvalue weighted by molar-refractivity contribution is 7.89. The first-order valence-corrected chi connectivity index (χ1v) is 14.4. The van der Waals surface area contributed by atoms with E-state index in [4.69, 9.17) is 4.74 Å². The minimum absolute atomic E-state index is 0.00458. The minimum atomic E-state index is -3.88. The van der Waals surface area contributed by atoms with Gasteiger partial charge in [0, 0.05) is 38.4 Å². The number of aryl methyl sites for hydroxylation is 1. The number of nitrogens with zero attached hydrogens (tertiary/aromatic N) is 4. The van der Waals surface area contributed by atoms with Crippen LogP contribution in [-0.2, 0) is 28.3 Å². The number of carbonyl (C=O) groups is 2. The summed E-state index contributed by atoms with van der Waals surface area (Å²) in [7, 11) is -0.725. The molecule has 11 nitrogen and oxygen atoms in total. The molecule has 0 radical (unpaired) electrons. The summed E-state index contributed by atoms with van der Waals surface area (Å²) in [5, 5.41) is 12.6. The smallest absolute Gasteiger partial charge is 0.261 e. The van der Waals surface area contributed by atoms with E-state index in [9.17, 15) is 23.1 Å². The molecule has 40 heavy (non-hydrogen) atoms. The summed E-state index contributed by atoms with van der Waals surface area (Å²) in [4.78, 5) is 31.8. The number of amides is 2. The van der Waals surface area contributed by atoms with Crippen LogP contribution in [0.25, 0.3) is 0 Å². The van der Waals surface area contributed by atoms with Gasteiger partial charge in [0.05, 0.1) is 37.5 Å². The number of aromatic nitrogens is 2. The van der Waals surface area contributed by atoms with Gasteiger partial charge in [-0.15, -0.1) is 0 Å². The van der Waals surface area contributed by atoms with E-state index in [1.165, 1.54) is 23.9 Å². The molecule has 0 saturated carbocycles. The normalized spacial score (nSPS) is 18.4. The van der Waals surface area contributed by atoms with Gasteiger partial charge < -0.3 is 24.6 Å². The van der Waals surface area contributed by atoms with Crippen molar-refractivity contribution in [2.45, 2.75) is 37.4 Å². The molecule has 1 aliphatic rings. The number of likely N-dealkylation sites (N-methyl/N-ethyl adjacent to an activating group) is 1. The van der Waals surface area contributed by atoms with E-state index in [2.05, 4.69) is 10.3 Å². The average molecular weight is 570 g/mol. The molecule has 1 aliphatic heterocycles. The van der Waals surface area contributed by atoms with Crippen LogP contribution in [0, 0.1) is 5.92 Å². The minimum Gasteiger partial charge on any atom is -0.488 e. The van der Waals surface area contributed by atoms with Crippen LogP contribution in [0.15, 0.2) is 66.1 Å². The van der Waals surface area contributed by atoms with Crippen LogP contribution in [0.4, 0.5) is 5.69 Å². The first-order valence-electron chi connectivity index (χ1n) is 13.0. The van der Waals surface area contributed by atoms with Crippen molar-refractivity contribution >= 4 is 27.5 Å². The molecule has 0 aliphatic carbocycles. The summed E-state index contributed by atoms with van der Waals surface area (Å²) >= 11 is 0. The number of sulfonamides is 1. The number of ether oxygens (including phenoxy) is 1. The van der Waals surface area contributed by atoms with E-state index >= 15 is 0 Å². The van der Waals surface area contributed by atoms with E-state index < -0.39 is 22.2 Å². The lowest BCUT2D eigenvalue weighted by molar-refractivity contribution is -0.115. The number of nitrogens with one attached hydrogen (secondary N) is 1. The summed E-state index contributed by atoms with van der Waals surface area (Å²) in [6, 6.07) is 13.6. The predicted molar refractivity (Wildman–Crippen MR) is 149 cm³/mol. The molecule has 3 aromatic rings.